The molecule has 4 aromatic heterocycles. The van der Waals surface area contributed by atoms with E-state index >= 15 is 0 Å². The van der Waals surface area contributed by atoms with Gasteiger partial charge < -0.3 is 10.1 Å². The molecule has 0 unspecified atom stereocenters. The van der Waals surface area contributed by atoms with Crippen LogP contribution in [0.15, 0.2) is 66.3 Å². The minimum absolute atomic E-state index is 0.124. The summed E-state index contributed by atoms with van der Waals surface area (Å²) in [6.07, 6.45) is 1.56. The van der Waals surface area contributed by atoms with E-state index in [1.54, 1.807) is 23.5 Å². The molecule has 13 heteroatoms. The quantitative estimate of drug-likeness (QED) is 0.226. The molecular weight excluding hydrogens is 514 g/mol. The molecule has 0 aliphatic rings. The summed E-state index contributed by atoms with van der Waals surface area (Å²) in [5.74, 6) is 0.721. The number of aromatic nitrogens is 5. The van der Waals surface area contributed by atoms with Crippen molar-refractivity contribution in [1.82, 2.24) is 24.7 Å². The number of anilines is 1. The van der Waals surface area contributed by atoms with Crippen LogP contribution < -0.4 is 10.1 Å². The van der Waals surface area contributed by atoms with Gasteiger partial charge in [0, 0.05) is 17.7 Å². The summed E-state index contributed by atoms with van der Waals surface area (Å²) >= 11 is 2.32. The summed E-state index contributed by atoms with van der Waals surface area (Å²) in [4.78, 5) is 37.5. The molecule has 6 aromatic rings. The van der Waals surface area contributed by atoms with Gasteiger partial charge in [-0.1, -0.05) is 17.4 Å². The fraction of sp³-hybridized carbons (Fsp3) is 0.0417. The largest absolute Gasteiger partial charge is 0.497 e. The number of ether oxygens (including phenoxy) is 1. The Kier molecular flexibility index (Phi) is 5.54. The van der Waals surface area contributed by atoms with Crippen LogP contribution in [-0.2, 0) is 0 Å². The lowest BCUT2D eigenvalue weighted by Gasteiger charge is -2.10. The molecule has 0 atom stereocenters. The van der Waals surface area contributed by atoms with Gasteiger partial charge in [-0.2, -0.15) is 5.10 Å². The summed E-state index contributed by atoms with van der Waals surface area (Å²) < 4.78 is 8.01. The zero-order chi connectivity index (χ0) is 25.5. The highest BCUT2D eigenvalue weighted by Gasteiger charge is 2.20. The number of nitrogens with one attached hydrogen (secondary N) is 1. The second-order valence-electron chi connectivity index (χ2n) is 7.77. The number of thiophene rings is 1. The Morgan fingerprint density at radius 1 is 1.14 bits per heavy atom. The number of methoxy groups -OCH3 is 1. The fourth-order valence-corrected chi connectivity index (χ4v) is 5.15. The highest BCUT2D eigenvalue weighted by atomic mass is 32.1. The average Bonchev–Trinajstić information content (AvgIpc) is 3.67. The van der Waals surface area contributed by atoms with E-state index in [4.69, 9.17) is 9.72 Å². The number of hydrogen-bond acceptors (Lipinski definition) is 10. The Labute approximate surface area is 216 Å². The summed E-state index contributed by atoms with van der Waals surface area (Å²) in [6, 6.07) is 15.8. The van der Waals surface area contributed by atoms with Gasteiger partial charge in [-0.05, 0) is 36.4 Å². The minimum Gasteiger partial charge on any atom is -0.497 e. The predicted octanol–water partition coefficient (Wildman–Crippen LogP) is 5.32. The van der Waals surface area contributed by atoms with Crippen LogP contribution >= 0.6 is 22.7 Å². The zero-order valence-corrected chi connectivity index (χ0v) is 20.6. The second kappa shape index (κ2) is 9.04. The third-order valence-electron chi connectivity index (χ3n) is 5.54. The molecule has 1 amide bonds. The van der Waals surface area contributed by atoms with E-state index in [1.807, 2.05) is 42.5 Å². The highest BCUT2D eigenvalue weighted by molar-refractivity contribution is 7.17. The smallest absolute Gasteiger partial charge is 0.324 e. The molecule has 0 radical (unpaired) electrons. The van der Waals surface area contributed by atoms with Crippen molar-refractivity contribution in [1.29, 1.82) is 0 Å². The number of carbonyl (C=O) groups excluding carboxylic acids is 1. The van der Waals surface area contributed by atoms with Crippen molar-refractivity contribution in [2.75, 3.05) is 12.4 Å². The molecule has 4 heterocycles. The molecule has 0 aliphatic carbocycles. The van der Waals surface area contributed by atoms with E-state index in [0.29, 0.717) is 33.9 Å². The number of carbonyl (C=O) groups is 1. The summed E-state index contributed by atoms with van der Waals surface area (Å²) in [5, 5.41) is 18.7. The van der Waals surface area contributed by atoms with E-state index < -0.39 is 10.8 Å². The molecule has 11 nitrogen and oxygen atoms in total. The Morgan fingerprint density at radius 3 is 2.84 bits per heavy atom. The molecule has 0 saturated carbocycles. The van der Waals surface area contributed by atoms with Gasteiger partial charge >= 0.3 is 5.00 Å². The lowest BCUT2D eigenvalue weighted by Crippen LogP contribution is -2.12. The first-order valence-electron chi connectivity index (χ1n) is 10.8. The average molecular weight is 530 g/mol. The first-order chi connectivity index (χ1) is 18.0. The van der Waals surface area contributed by atoms with Crippen molar-refractivity contribution in [2.24, 2.45) is 0 Å². The summed E-state index contributed by atoms with van der Waals surface area (Å²) in [5.41, 5.74) is 4.46. The molecule has 0 bridgehead atoms. The molecule has 37 heavy (non-hydrogen) atoms. The topological polar surface area (TPSA) is 138 Å². The van der Waals surface area contributed by atoms with Crippen molar-refractivity contribution in [3.8, 4) is 22.8 Å². The van der Waals surface area contributed by atoms with Gasteiger partial charge in [-0.25, -0.2) is 19.6 Å². The maximum Gasteiger partial charge on any atom is 0.324 e. The van der Waals surface area contributed by atoms with Crippen molar-refractivity contribution in [2.45, 2.75) is 0 Å². The third kappa shape index (κ3) is 4.15. The van der Waals surface area contributed by atoms with Gasteiger partial charge in [0.15, 0.2) is 11.5 Å². The third-order valence-corrected chi connectivity index (χ3v) is 7.39. The number of fused-ring (bicyclic) bond motifs is 2. The van der Waals surface area contributed by atoms with Crippen molar-refractivity contribution < 1.29 is 14.5 Å². The molecular formula is C24H15N7O4S2. The Bertz CT molecular complexity index is 1820. The lowest BCUT2D eigenvalue weighted by molar-refractivity contribution is -0.380. The summed E-state index contributed by atoms with van der Waals surface area (Å²) in [6.45, 7) is 0. The summed E-state index contributed by atoms with van der Waals surface area (Å²) in [7, 11) is 1.58. The van der Waals surface area contributed by atoms with Crippen LogP contribution in [0.4, 0.5) is 10.8 Å². The fourth-order valence-electron chi connectivity index (χ4n) is 3.78. The van der Waals surface area contributed by atoms with Gasteiger partial charge in [0.05, 0.1) is 49.9 Å². The Morgan fingerprint density at radius 2 is 2.03 bits per heavy atom. The van der Waals surface area contributed by atoms with Crippen molar-refractivity contribution in [3.05, 3.63) is 81.3 Å². The van der Waals surface area contributed by atoms with Gasteiger partial charge in [-0.15, -0.1) is 11.3 Å². The first kappa shape index (κ1) is 22.7. The number of amides is 1. The monoisotopic (exact) mass is 529 g/mol. The van der Waals surface area contributed by atoms with Gasteiger partial charge in [0.25, 0.3) is 5.91 Å². The number of rotatable bonds is 6. The standard InChI is InChI=1S/C24H15N7O4S2/c1-35-15-4-2-3-14(10-15)30-23-16(11-26-30)22(29-24(32)19-7-8-20(37-19)31(33)34)27-21(28-23)13-5-6-18-17(9-13)25-12-36-18/h2-12H,1H3,(H,27,28,29,32). The Balaban J connectivity index is 1.50. The molecule has 0 aliphatic heterocycles. The van der Waals surface area contributed by atoms with E-state index in [9.17, 15) is 14.9 Å². The predicted molar refractivity (Wildman–Crippen MR) is 141 cm³/mol. The first-order valence-corrected chi connectivity index (χ1v) is 12.5. The lowest BCUT2D eigenvalue weighted by atomic mass is 10.2. The zero-order valence-electron chi connectivity index (χ0n) is 19.0. The number of thiazole rings is 1. The number of hydrogen-bond donors (Lipinski definition) is 1. The number of nitro groups is 1. The van der Waals surface area contributed by atoms with Crippen LogP contribution in [0.1, 0.15) is 9.67 Å². The SMILES string of the molecule is COc1cccc(-n2ncc3c(NC(=O)c4ccc([N+](=O)[O-])s4)nc(-c4ccc5scnc5c4)nc32)c1. The van der Waals surface area contributed by atoms with Gasteiger partial charge in [-0.3, -0.25) is 14.9 Å². The van der Waals surface area contributed by atoms with Crippen LogP contribution in [0.25, 0.3) is 38.3 Å². The Hall–Kier alpha value is -4.75. The highest BCUT2D eigenvalue weighted by Crippen LogP contribution is 2.31. The molecule has 0 spiro atoms. The molecule has 182 valence electrons. The van der Waals surface area contributed by atoms with E-state index in [2.05, 4.69) is 20.4 Å². The van der Waals surface area contributed by atoms with E-state index in [1.165, 1.54) is 23.5 Å². The van der Waals surface area contributed by atoms with Crippen LogP contribution in [0.5, 0.6) is 5.75 Å². The maximum absolute atomic E-state index is 13.0. The molecule has 1 N–H and O–H groups in total. The minimum atomic E-state index is -0.533. The van der Waals surface area contributed by atoms with Gasteiger partial charge in [0.1, 0.15) is 11.6 Å². The van der Waals surface area contributed by atoms with Crippen molar-refractivity contribution >= 4 is 60.6 Å². The van der Waals surface area contributed by atoms with Crippen LogP contribution in [0.3, 0.4) is 0 Å². The van der Waals surface area contributed by atoms with Gasteiger partial charge in [0.2, 0.25) is 0 Å². The molecule has 2 aromatic carbocycles. The van der Waals surface area contributed by atoms with Crippen LogP contribution in [-0.4, -0.2) is 42.7 Å². The normalized spacial score (nSPS) is 11.2. The second-order valence-corrected chi connectivity index (χ2v) is 9.72. The maximum atomic E-state index is 13.0. The van der Waals surface area contributed by atoms with E-state index in [0.717, 1.165) is 21.6 Å². The molecule has 0 fully saturated rings. The molecule has 0 saturated heterocycles. The van der Waals surface area contributed by atoms with Crippen molar-refractivity contribution in [3.63, 3.8) is 0 Å². The number of nitrogens with zero attached hydrogens (tertiary/aromatic N) is 6. The van der Waals surface area contributed by atoms with Crippen LogP contribution in [0, 0.1) is 10.1 Å². The number of benzene rings is 2. The molecule has 6 rings (SSSR count). The van der Waals surface area contributed by atoms with E-state index in [-0.39, 0.29) is 15.7 Å². The van der Waals surface area contributed by atoms with Crippen LogP contribution in [0.2, 0.25) is 0 Å².